The Kier molecular flexibility index (Phi) is 6.87. The molecule has 0 aliphatic heterocycles. The van der Waals surface area contributed by atoms with Crippen LogP contribution in [0.5, 0.6) is 11.5 Å². The van der Waals surface area contributed by atoms with E-state index >= 15 is 0 Å². The van der Waals surface area contributed by atoms with E-state index in [-0.39, 0.29) is 18.6 Å². The fourth-order valence-corrected chi connectivity index (χ4v) is 1.71. The van der Waals surface area contributed by atoms with Gasteiger partial charge in [0, 0.05) is 19.2 Å². The first-order chi connectivity index (χ1) is 9.56. The highest BCUT2D eigenvalue weighted by molar-refractivity contribution is 5.77. The Hall–Kier alpha value is -1.75. The lowest BCUT2D eigenvalue weighted by molar-refractivity contribution is -0.122. The topological polar surface area (TPSA) is 73.6 Å². The van der Waals surface area contributed by atoms with Crippen molar-refractivity contribution in [1.29, 1.82) is 0 Å². The van der Waals surface area contributed by atoms with Crippen molar-refractivity contribution in [1.82, 2.24) is 5.32 Å². The molecule has 0 aromatic heterocycles. The summed E-state index contributed by atoms with van der Waals surface area (Å²) in [5, 5.41) is 2.52. The van der Waals surface area contributed by atoms with Crippen LogP contribution in [0.15, 0.2) is 18.2 Å². The van der Waals surface area contributed by atoms with Crippen molar-refractivity contribution in [3.05, 3.63) is 23.8 Å². The lowest BCUT2D eigenvalue weighted by Crippen LogP contribution is -2.25. The van der Waals surface area contributed by atoms with Crippen molar-refractivity contribution in [2.75, 3.05) is 20.3 Å². The van der Waals surface area contributed by atoms with Gasteiger partial charge >= 0.3 is 0 Å². The summed E-state index contributed by atoms with van der Waals surface area (Å²) in [6.07, 6.45) is 1.63. The van der Waals surface area contributed by atoms with Gasteiger partial charge in [-0.3, -0.25) is 4.79 Å². The molecule has 0 aliphatic rings. The van der Waals surface area contributed by atoms with Gasteiger partial charge in [-0.05, 0) is 31.4 Å². The zero-order valence-electron chi connectivity index (χ0n) is 12.4. The number of benzene rings is 1. The average Bonchev–Trinajstić information content (AvgIpc) is 2.43. The zero-order chi connectivity index (χ0) is 15.0. The van der Waals surface area contributed by atoms with E-state index in [4.69, 9.17) is 15.2 Å². The van der Waals surface area contributed by atoms with E-state index in [9.17, 15) is 4.79 Å². The number of carbonyl (C=O) groups excluding carboxylic acids is 1. The summed E-state index contributed by atoms with van der Waals surface area (Å²) in [6, 6.07) is 5.68. The molecule has 0 aliphatic carbocycles. The SMILES string of the molecule is CCCOc1ccc(CC(C)N)c(OCC(=O)NC)c1. The Morgan fingerprint density at radius 1 is 1.40 bits per heavy atom. The van der Waals surface area contributed by atoms with E-state index < -0.39 is 0 Å². The summed E-state index contributed by atoms with van der Waals surface area (Å²) < 4.78 is 11.1. The van der Waals surface area contributed by atoms with Gasteiger partial charge in [-0.15, -0.1) is 0 Å². The van der Waals surface area contributed by atoms with Gasteiger partial charge in [0.1, 0.15) is 11.5 Å². The summed E-state index contributed by atoms with van der Waals surface area (Å²) in [5.74, 6) is 1.23. The molecule has 1 atom stereocenters. The highest BCUT2D eigenvalue weighted by atomic mass is 16.5. The van der Waals surface area contributed by atoms with Crippen LogP contribution >= 0.6 is 0 Å². The van der Waals surface area contributed by atoms with E-state index in [1.165, 1.54) is 0 Å². The molecule has 0 saturated carbocycles. The summed E-state index contributed by atoms with van der Waals surface area (Å²) >= 11 is 0. The second-order valence-corrected chi connectivity index (χ2v) is 4.76. The Balaban J connectivity index is 2.84. The molecular weight excluding hydrogens is 256 g/mol. The second-order valence-electron chi connectivity index (χ2n) is 4.76. The van der Waals surface area contributed by atoms with E-state index in [1.807, 2.05) is 32.0 Å². The number of hydrogen-bond donors (Lipinski definition) is 2. The molecule has 1 aromatic rings. The molecule has 5 heteroatoms. The molecule has 3 N–H and O–H groups in total. The lowest BCUT2D eigenvalue weighted by Gasteiger charge is -2.14. The monoisotopic (exact) mass is 280 g/mol. The maximum atomic E-state index is 11.3. The molecule has 0 spiro atoms. The molecule has 1 unspecified atom stereocenters. The van der Waals surface area contributed by atoms with Crippen LogP contribution in [-0.4, -0.2) is 32.2 Å². The molecule has 112 valence electrons. The predicted octanol–water partition coefficient (Wildman–Crippen LogP) is 1.49. The third-order valence-corrected chi connectivity index (χ3v) is 2.69. The van der Waals surface area contributed by atoms with Crippen molar-refractivity contribution < 1.29 is 14.3 Å². The quantitative estimate of drug-likeness (QED) is 0.756. The summed E-state index contributed by atoms with van der Waals surface area (Å²) in [7, 11) is 1.58. The van der Waals surface area contributed by atoms with Crippen molar-refractivity contribution in [2.45, 2.75) is 32.7 Å². The molecule has 1 rings (SSSR count). The summed E-state index contributed by atoms with van der Waals surface area (Å²) in [4.78, 5) is 11.3. The standard InChI is InChI=1S/C15H24N2O3/c1-4-7-19-13-6-5-12(8-11(2)16)14(9-13)20-10-15(18)17-3/h5-6,9,11H,4,7-8,10,16H2,1-3H3,(H,17,18). The van der Waals surface area contributed by atoms with Gasteiger partial charge in [0.2, 0.25) is 0 Å². The number of hydrogen-bond acceptors (Lipinski definition) is 4. The first-order valence-electron chi connectivity index (χ1n) is 6.91. The van der Waals surface area contributed by atoms with E-state index in [0.717, 1.165) is 17.7 Å². The van der Waals surface area contributed by atoms with Crippen LogP contribution in [0, 0.1) is 0 Å². The third kappa shape index (κ3) is 5.48. The van der Waals surface area contributed by atoms with E-state index in [0.29, 0.717) is 18.8 Å². The normalized spacial score (nSPS) is 11.8. The highest BCUT2D eigenvalue weighted by Crippen LogP contribution is 2.26. The van der Waals surface area contributed by atoms with Gasteiger partial charge in [-0.2, -0.15) is 0 Å². The number of rotatable bonds is 8. The van der Waals surface area contributed by atoms with Crippen molar-refractivity contribution in [2.24, 2.45) is 5.73 Å². The number of ether oxygens (including phenoxy) is 2. The van der Waals surface area contributed by atoms with Gasteiger partial charge in [0.05, 0.1) is 6.61 Å². The minimum absolute atomic E-state index is 0.0142. The van der Waals surface area contributed by atoms with Crippen LogP contribution in [0.3, 0.4) is 0 Å². The Morgan fingerprint density at radius 3 is 2.75 bits per heavy atom. The molecule has 1 aromatic carbocycles. The van der Waals surface area contributed by atoms with E-state index in [1.54, 1.807) is 7.05 Å². The summed E-state index contributed by atoms with van der Waals surface area (Å²) in [6.45, 7) is 4.62. The number of nitrogens with two attached hydrogens (primary N) is 1. The van der Waals surface area contributed by atoms with Crippen LogP contribution in [0.4, 0.5) is 0 Å². The minimum Gasteiger partial charge on any atom is -0.493 e. The Morgan fingerprint density at radius 2 is 2.15 bits per heavy atom. The fraction of sp³-hybridized carbons (Fsp3) is 0.533. The number of nitrogens with one attached hydrogen (secondary N) is 1. The Bertz CT molecular complexity index is 433. The van der Waals surface area contributed by atoms with Gasteiger partial charge in [0.15, 0.2) is 6.61 Å². The van der Waals surface area contributed by atoms with Crippen LogP contribution in [-0.2, 0) is 11.2 Å². The third-order valence-electron chi connectivity index (χ3n) is 2.69. The highest BCUT2D eigenvalue weighted by Gasteiger charge is 2.10. The molecule has 1 amide bonds. The van der Waals surface area contributed by atoms with Gasteiger partial charge in [-0.25, -0.2) is 0 Å². The van der Waals surface area contributed by atoms with Crippen molar-refractivity contribution in [3.8, 4) is 11.5 Å². The molecular formula is C15H24N2O3. The van der Waals surface area contributed by atoms with Crippen LogP contribution in [0.1, 0.15) is 25.8 Å². The lowest BCUT2D eigenvalue weighted by atomic mass is 10.1. The first-order valence-corrected chi connectivity index (χ1v) is 6.91. The maximum absolute atomic E-state index is 11.3. The molecule has 20 heavy (non-hydrogen) atoms. The van der Waals surface area contributed by atoms with Gasteiger partial charge < -0.3 is 20.5 Å². The van der Waals surface area contributed by atoms with Crippen molar-refractivity contribution in [3.63, 3.8) is 0 Å². The van der Waals surface area contributed by atoms with E-state index in [2.05, 4.69) is 5.32 Å². The largest absolute Gasteiger partial charge is 0.493 e. The number of carbonyl (C=O) groups is 1. The van der Waals surface area contributed by atoms with Crippen LogP contribution < -0.4 is 20.5 Å². The van der Waals surface area contributed by atoms with Crippen molar-refractivity contribution >= 4 is 5.91 Å². The molecule has 5 nitrogen and oxygen atoms in total. The number of amides is 1. The molecule has 0 saturated heterocycles. The zero-order valence-corrected chi connectivity index (χ0v) is 12.4. The maximum Gasteiger partial charge on any atom is 0.257 e. The average molecular weight is 280 g/mol. The Labute approximate surface area is 120 Å². The second kappa shape index (κ2) is 8.43. The van der Waals surface area contributed by atoms with Gasteiger partial charge in [-0.1, -0.05) is 13.0 Å². The summed E-state index contributed by atoms with van der Waals surface area (Å²) in [5.41, 5.74) is 6.81. The molecule has 0 bridgehead atoms. The molecule has 0 heterocycles. The number of likely N-dealkylation sites (N-methyl/N-ethyl adjacent to an activating group) is 1. The van der Waals surface area contributed by atoms with Crippen LogP contribution in [0.2, 0.25) is 0 Å². The van der Waals surface area contributed by atoms with Gasteiger partial charge in [0.25, 0.3) is 5.91 Å². The fourth-order valence-electron chi connectivity index (χ4n) is 1.71. The predicted molar refractivity (Wildman–Crippen MR) is 79.1 cm³/mol. The molecule has 0 fully saturated rings. The molecule has 0 radical (unpaired) electrons. The smallest absolute Gasteiger partial charge is 0.257 e. The minimum atomic E-state index is -0.170. The first kappa shape index (κ1) is 16.3. The van der Waals surface area contributed by atoms with Crippen LogP contribution in [0.25, 0.3) is 0 Å².